The number of imidazole rings is 1. The molecular formula is C17H15ClN6O6. The maximum Gasteiger partial charge on any atom is 0.378 e. The van der Waals surface area contributed by atoms with Crippen LogP contribution < -0.4 is 0 Å². The van der Waals surface area contributed by atoms with Crippen LogP contribution >= 0.6 is 11.6 Å². The number of esters is 2. The van der Waals surface area contributed by atoms with Gasteiger partial charge in [0.2, 0.25) is 5.82 Å². The highest BCUT2D eigenvalue weighted by Gasteiger charge is 2.29. The molecule has 0 aliphatic rings. The lowest BCUT2D eigenvalue weighted by molar-refractivity contribution is -0.384. The Morgan fingerprint density at radius 1 is 1.17 bits per heavy atom. The van der Waals surface area contributed by atoms with Crippen molar-refractivity contribution in [3.05, 3.63) is 57.6 Å². The van der Waals surface area contributed by atoms with Gasteiger partial charge in [0.15, 0.2) is 0 Å². The van der Waals surface area contributed by atoms with E-state index in [0.717, 1.165) is 10.7 Å². The molecule has 0 fully saturated rings. The van der Waals surface area contributed by atoms with Crippen LogP contribution in [0, 0.1) is 10.1 Å². The second-order valence-electron chi connectivity index (χ2n) is 5.63. The smallest absolute Gasteiger partial charge is 0.378 e. The number of carbonyl (C=O) groups is 2. The first kappa shape index (κ1) is 20.9. The molecule has 0 radical (unpaired) electrons. The number of nitrogens with zero attached hydrogens (tertiary/aromatic N) is 6. The lowest BCUT2D eigenvalue weighted by Crippen LogP contribution is -2.14. The highest BCUT2D eigenvalue weighted by Crippen LogP contribution is 2.32. The number of carbonyl (C=O) groups excluding carboxylic acids is 2. The second kappa shape index (κ2) is 8.69. The largest absolute Gasteiger partial charge is 0.460 e. The summed E-state index contributed by atoms with van der Waals surface area (Å²) in [5, 5.41) is 15.7. The molecular weight excluding hydrogens is 420 g/mol. The van der Waals surface area contributed by atoms with Gasteiger partial charge in [-0.05, 0) is 19.9 Å². The van der Waals surface area contributed by atoms with Gasteiger partial charge in [0.25, 0.3) is 11.5 Å². The van der Waals surface area contributed by atoms with Gasteiger partial charge < -0.3 is 14.0 Å². The second-order valence-corrected chi connectivity index (χ2v) is 6.04. The molecule has 0 saturated carbocycles. The minimum Gasteiger partial charge on any atom is -0.460 e. The molecule has 0 unspecified atom stereocenters. The minimum atomic E-state index is -0.922. The zero-order valence-electron chi connectivity index (χ0n) is 15.8. The van der Waals surface area contributed by atoms with Crippen LogP contribution in [0.3, 0.4) is 0 Å². The average Bonchev–Trinajstić information content (AvgIpc) is 3.38. The number of ether oxygens (including phenoxy) is 2. The van der Waals surface area contributed by atoms with Crippen molar-refractivity contribution in [2.45, 2.75) is 13.8 Å². The van der Waals surface area contributed by atoms with Gasteiger partial charge in [-0.1, -0.05) is 11.6 Å². The molecule has 0 spiro atoms. The van der Waals surface area contributed by atoms with Crippen molar-refractivity contribution in [1.82, 2.24) is 24.3 Å². The van der Waals surface area contributed by atoms with E-state index >= 15 is 0 Å². The molecule has 0 aliphatic carbocycles. The lowest BCUT2D eigenvalue weighted by atomic mass is 10.2. The molecule has 0 N–H and O–H groups in total. The maximum absolute atomic E-state index is 12.4. The predicted molar refractivity (Wildman–Crippen MR) is 102 cm³/mol. The molecule has 1 aromatic carbocycles. The van der Waals surface area contributed by atoms with Crippen LogP contribution in [0.5, 0.6) is 0 Å². The third-order valence-corrected chi connectivity index (χ3v) is 4.08. The van der Waals surface area contributed by atoms with Crippen molar-refractivity contribution in [3.63, 3.8) is 0 Å². The number of aromatic nitrogens is 5. The van der Waals surface area contributed by atoms with Crippen molar-refractivity contribution >= 4 is 29.2 Å². The van der Waals surface area contributed by atoms with Crippen LogP contribution in [0.1, 0.15) is 35.1 Å². The Kier molecular flexibility index (Phi) is 6.06. The third-order valence-electron chi connectivity index (χ3n) is 3.77. The Morgan fingerprint density at radius 3 is 2.47 bits per heavy atom. The van der Waals surface area contributed by atoms with Crippen LogP contribution in [0.15, 0.2) is 30.9 Å². The third kappa shape index (κ3) is 3.98. The van der Waals surface area contributed by atoms with E-state index < -0.39 is 34.2 Å². The fourth-order valence-corrected chi connectivity index (χ4v) is 2.80. The van der Waals surface area contributed by atoms with E-state index in [1.54, 1.807) is 20.0 Å². The first-order valence-corrected chi connectivity index (χ1v) is 9.03. The van der Waals surface area contributed by atoms with Gasteiger partial charge in [-0.3, -0.25) is 10.1 Å². The molecule has 2 aromatic heterocycles. The van der Waals surface area contributed by atoms with Crippen molar-refractivity contribution < 1.29 is 24.0 Å². The molecule has 0 saturated heterocycles. The Balaban J connectivity index is 2.27. The minimum absolute atomic E-state index is 0.0173. The van der Waals surface area contributed by atoms with Crippen molar-refractivity contribution in [3.8, 4) is 11.4 Å². The molecule has 0 amide bonds. The number of nitro groups is 1. The summed E-state index contributed by atoms with van der Waals surface area (Å²) in [7, 11) is 0. The number of hydrogen-bond donors (Lipinski definition) is 0. The van der Waals surface area contributed by atoms with Crippen LogP contribution in [-0.2, 0) is 9.47 Å². The van der Waals surface area contributed by atoms with E-state index in [0.29, 0.717) is 5.69 Å². The quantitative estimate of drug-likeness (QED) is 0.310. The summed E-state index contributed by atoms with van der Waals surface area (Å²) in [5.74, 6) is -2.70. The summed E-state index contributed by atoms with van der Waals surface area (Å²) in [5.41, 5.74) is -0.285. The number of hydrogen-bond acceptors (Lipinski definition) is 9. The van der Waals surface area contributed by atoms with Gasteiger partial charge in [0, 0.05) is 18.5 Å². The summed E-state index contributed by atoms with van der Waals surface area (Å²) in [6.45, 7) is 3.23. The number of benzene rings is 1. The van der Waals surface area contributed by atoms with Gasteiger partial charge >= 0.3 is 11.9 Å². The first-order valence-electron chi connectivity index (χ1n) is 8.65. The Morgan fingerprint density at radius 2 is 1.87 bits per heavy atom. The first-order chi connectivity index (χ1) is 14.4. The fourth-order valence-electron chi connectivity index (χ4n) is 2.55. The van der Waals surface area contributed by atoms with E-state index in [1.807, 2.05) is 0 Å². The normalized spacial score (nSPS) is 10.6. The Hall–Kier alpha value is -3.80. The van der Waals surface area contributed by atoms with Crippen LogP contribution in [0.4, 0.5) is 5.69 Å². The summed E-state index contributed by atoms with van der Waals surface area (Å²) in [6.07, 6.45) is 4.51. The van der Waals surface area contributed by atoms with Gasteiger partial charge in [-0.2, -0.15) is 9.67 Å². The number of rotatable bonds is 7. The molecule has 3 rings (SSSR count). The van der Waals surface area contributed by atoms with E-state index in [1.165, 1.54) is 23.2 Å². The highest BCUT2D eigenvalue weighted by molar-refractivity contribution is 6.32. The number of halogens is 1. The molecule has 0 atom stereocenters. The summed E-state index contributed by atoms with van der Waals surface area (Å²) in [4.78, 5) is 43.2. The lowest BCUT2D eigenvalue weighted by Gasteiger charge is -2.10. The molecule has 30 heavy (non-hydrogen) atoms. The zero-order chi connectivity index (χ0) is 21.8. The van der Waals surface area contributed by atoms with Crippen molar-refractivity contribution in [1.29, 1.82) is 0 Å². The summed E-state index contributed by atoms with van der Waals surface area (Å²) >= 11 is 6.21. The molecule has 12 nitrogen and oxygen atoms in total. The average molecular weight is 435 g/mol. The van der Waals surface area contributed by atoms with E-state index in [9.17, 15) is 19.7 Å². The zero-order valence-corrected chi connectivity index (χ0v) is 16.6. The fraction of sp³-hybridized carbons (Fsp3) is 0.235. The van der Waals surface area contributed by atoms with Crippen LogP contribution in [0.25, 0.3) is 11.4 Å². The molecule has 0 bridgehead atoms. The molecule has 0 aliphatic heterocycles. The standard InChI is InChI=1S/C17H15ClN6O6/c1-3-29-16(25)14-20-15(17(26)30-4-2)23(21-14)12-8-11(22-6-5-19-9-22)10(18)7-13(12)24(27)28/h5-9H,3-4H2,1-2H3. The highest BCUT2D eigenvalue weighted by atomic mass is 35.5. The van der Waals surface area contributed by atoms with Crippen molar-refractivity contribution in [2.75, 3.05) is 13.2 Å². The Labute approximate surface area is 174 Å². The number of nitro benzene ring substituents is 1. The molecule has 13 heteroatoms. The van der Waals surface area contributed by atoms with Gasteiger partial charge in [0.1, 0.15) is 5.69 Å². The van der Waals surface area contributed by atoms with Gasteiger partial charge in [-0.15, -0.1) is 5.10 Å². The Bertz CT molecular complexity index is 1110. The van der Waals surface area contributed by atoms with E-state index in [-0.39, 0.29) is 23.9 Å². The van der Waals surface area contributed by atoms with Crippen LogP contribution in [0.2, 0.25) is 5.02 Å². The molecule has 3 aromatic rings. The van der Waals surface area contributed by atoms with Gasteiger partial charge in [0.05, 0.1) is 35.2 Å². The monoisotopic (exact) mass is 434 g/mol. The topological polar surface area (TPSA) is 144 Å². The summed E-state index contributed by atoms with van der Waals surface area (Å²) in [6, 6.07) is 2.43. The van der Waals surface area contributed by atoms with E-state index in [2.05, 4.69) is 15.1 Å². The molecule has 2 heterocycles. The van der Waals surface area contributed by atoms with Gasteiger partial charge in [-0.25, -0.2) is 14.6 Å². The van der Waals surface area contributed by atoms with Crippen LogP contribution in [-0.4, -0.2) is 54.4 Å². The molecule has 156 valence electrons. The van der Waals surface area contributed by atoms with Crippen molar-refractivity contribution in [2.24, 2.45) is 0 Å². The summed E-state index contributed by atoms with van der Waals surface area (Å²) < 4.78 is 12.2. The SMILES string of the molecule is CCOC(=O)c1nc(C(=O)OCC)n(-c2cc(-n3ccnc3)c(Cl)cc2[N+](=O)[O-])n1. The predicted octanol–water partition coefficient (Wildman–Crippen LogP) is 2.37. The maximum atomic E-state index is 12.4. The van der Waals surface area contributed by atoms with E-state index in [4.69, 9.17) is 21.1 Å².